The van der Waals surface area contributed by atoms with E-state index >= 15 is 0 Å². The number of benzene rings is 2. The Morgan fingerprint density at radius 1 is 1.15 bits per heavy atom. The van der Waals surface area contributed by atoms with Gasteiger partial charge in [-0.1, -0.05) is 0 Å². The lowest BCUT2D eigenvalue weighted by atomic mass is 10.2. The molecule has 1 aliphatic heterocycles. The molecule has 3 rings (SSSR count). The first-order chi connectivity index (χ1) is 12.6. The van der Waals surface area contributed by atoms with Gasteiger partial charge in [-0.2, -0.15) is 0 Å². The smallest absolute Gasteiger partial charge is 0.264 e. The Labute approximate surface area is 152 Å². The van der Waals surface area contributed by atoms with Crippen LogP contribution in [0.15, 0.2) is 48.5 Å². The Hall–Kier alpha value is -2.89. The molecule has 1 heterocycles. The number of rotatable bonds is 6. The van der Waals surface area contributed by atoms with Crippen molar-refractivity contribution in [3.63, 3.8) is 0 Å². The first kappa shape index (κ1) is 17.9. The van der Waals surface area contributed by atoms with Crippen LogP contribution in [0.2, 0.25) is 0 Å². The van der Waals surface area contributed by atoms with Gasteiger partial charge in [-0.05, 0) is 61.9 Å². The highest BCUT2D eigenvalue weighted by atomic mass is 19.1. The van der Waals surface area contributed by atoms with Crippen molar-refractivity contribution in [3.05, 3.63) is 54.3 Å². The van der Waals surface area contributed by atoms with Gasteiger partial charge in [-0.25, -0.2) is 4.39 Å². The molecule has 2 amide bonds. The SMILES string of the molecule is CCN(C(=O)COc1ccc(N2CCCC2=O)cc1)c1ccc(F)cc1. The predicted octanol–water partition coefficient (Wildman–Crippen LogP) is 3.38. The average molecular weight is 356 g/mol. The number of carbonyl (C=O) groups excluding carboxylic acids is 2. The minimum atomic E-state index is -0.343. The molecular weight excluding hydrogens is 335 g/mol. The lowest BCUT2D eigenvalue weighted by molar-refractivity contribution is -0.120. The number of carbonyl (C=O) groups is 2. The van der Waals surface area contributed by atoms with E-state index in [1.165, 1.54) is 17.0 Å². The molecule has 1 fully saturated rings. The largest absolute Gasteiger partial charge is 0.484 e. The Morgan fingerprint density at radius 3 is 2.42 bits per heavy atom. The van der Waals surface area contributed by atoms with E-state index in [1.807, 2.05) is 19.1 Å². The average Bonchev–Trinajstić information content (AvgIpc) is 3.08. The van der Waals surface area contributed by atoms with Crippen molar-refractivity contribution in [2.75, 3.05) is 29.5 Å². The number of hydrogen-bond donors (Lipinski definition) is 0. The van der Waals surface area contributed by atoms with E-state index in [0.29, 0.717) is 24.4 Å². The topological polar surface area (TPSA) is 49.9 Å². The molecule has 0 N–H and O–H groups in total. The van der Waals surface area contributed by atoms with E-state index in [2.05, 4.69) is 0 Å². The van der Waals surface area contributed by atoms with Crippen LogP contribution in [0.25, 0.3) is 0 Å². The number of nitrogens with zero attached hydrogens (tertiary/aromatic N) is 2. The zero-order valence-corrected chi connectivity index (χ0v) is 14.7. The molecule has 2 aromatic rings. The van der Waals surface area contributed by atoms with Crippen molar-refractivity contribution >= 4 is 23.2 Å². The van der Waals surface area contributed by atoms with E-state index in [0.717, 1.165) is 18.7 Å². The number of halogens is 1. The first-order valence-electron chi connectivity index (χ1n) is 8.67. The maximum Gasteiger partial charge on any atom is 0.264 e. The van der Waals surface area contributed by atoms with Crippen LogP contribution in [-0.2, 0) is 9.59 Å². The number of likely N-dealkylation sites (N-methyl/N-ethyl adjacent to an activating group) is 1. The second kappa shape index (κ2) is 7.99. The third-order valence-corrected chi connectivity index (χ3v) is 4.34. The van der Waals surface area contributed by atoms with Crippen LogP contribution in [-0.4, -0.2) is 31.5 Å². The molecule has 0 aromatic heterocycles. The monoisotopic (exact) mass is 356 g/mol. The van der Waals surface area contributed by atoms with Gasteiger partial charge in [0.2, 0.25) is 5.91 Å². The highest BCUT2D eigenvalue weighted by molar-refractivity contribution is 5.95. The fourth-order valence-corrected chi connectivity index (χ4v) is 2.99. The van der Waals surface area contributed by atoms with Crippen molar-refractivity contribution in [3.8, 4) is 5.75 Å². The summed E-state index contributed by atoms with van der Waals surface area (Å²) in [6.45, 7) is 2.93. The van der Waals surface area contributed by atoms with Gasteiger partial charge in [-0.15, -0.1) is 0 Å². The van der Waals surface area contributed by atoms with Crippen LogP contribution >= 0.6 is 0 Å². The predicted molar refractivity (Wildman–Crippen MR) is 98.0 cm³/mol. The highest BCUT2D eigenvalue weighted by Gasteiger charge is 2.21. The summed E-state index contributed by atoms with van der Waals surface area (Å²) < 4.78 is 18.6. The van der Waals surface area contributed by atoms with Gasteiger partial charge in [0.1, 0.15) is 11.6 Å². The van der Waals surface area contributed by atoms with Gasteiger partial charge in [0, 0.05) is 30.9 Å². The molecule has 136 valence electrons. The van der Waals surface area contributed by atoms with Crippen LogP contribution in [0.5, 0.6) is 5.75 Å². The number of hydrogen-bond acceptors (Lipinski definition) is 3. The third kappa shape index (κ3) is 4.02. The molecule has 0 bridgehead atoms. The minimum Gasteiger partial charge on any atom is -0.484 e. The van der Waals surface area contributed by atoms with Crippen molar-refractivity contribution in [1.29, 1.82) is 0 Å². The molecule has 5 nitrogen and oxygen atoms in total. The number of anilines is 2. The molecular formula is C20H21FN2O3. The second-order valence-electron chi connectivity index (χ2n) is 6.05. The number of amides is 2. The third-order valence-electron chi connectivity index (χ3n) is 4.34. The molecule has 0 saturated carbocycles. The van der Waals surface area contributed by atoms with Gasteiger partial charge >= 0.3 is 0 Å². The molecule has 1 saturated heterocycles. The maximum atomic E-state index is 13.0. The van der Waals surface area contributed by atoms with Crippen molar-refractivity contribution in [2.24, 2.45) is 0 Å². The summed E-state index contributed by atoms with van der Waals surface area (Å²) in [5, 5.41) is 0. The summed E-state index contributed by atoms with van der Waals surface area (Å²) in [5.74, 6) is 0.138. The molecule has 2 aromatic carbocycles. The minimum absolute atomic E-state index is 0.118. The quantitative estimate of drug-likeness (QED) is 0.797. The zero-order chi connectivity index (χ0) is 18.5. The van der Waals surface area contributed by atoms with Crippen molar-refractivity contribution in [2.45, 2.75) is 19.8 Å². The molecule has 0 spiro atoms. The Balaban J connectivity index is 1.59. The van der Waals surface area contributed by atoms with Crippen LogP contribution < -0.4 is 14.5 Å². The van der Waals surface area contributed by atoms with Gasteiger partial charge < -0.3 is 14.5 Å². The molecule has 0 unspecified atom stereocenters. The van der Waals surface area contributed by atoms with Crippen molar-refractivity contribution in [1.82, 2.24) is 0 Å². The van der Waals surface area contributed by atoms with Crippen LogP contribution in [0.3, 0.4) is 0 Å². The fraction of sp³-hybridized carbons (Fsp3) is 0.300. The van der Waals surface area contributed by atoms with E-state index < -0.39 is 0 Å². The molecule has 6 heteroatoms. The zero-order valence-electron chi connectivity index (χ0n) is 14.7. The van der Waals surface area contributed by atoms with E-state index in [9.17, 15) is 14.0 Å². The molecule has 0 radical (unpaired) electrons. The van der Waals surface area contributed by atoms with Crippen LogP contribution in [0, 0.1) is 5.82 Å². The molecule has 0 atom stereocenters. The number of ether oxygens (including phenoxy) is 1. The summed E-state index contributed by atoms with van der Waals surface area (Å²) in [6.07, 6.45) is 1.46. The van der Waals surface area contributed by atoms with E-state index in [1.54, 1.807) is 29.2 Å². The van der Waals surface area contributed by atoms with E-state index in [-0.39, 0.29) is 24.2 Å². The van der Waals surface area contributed by atoms with Gasteiger partial charge in [0.25, 0.3) is 5.91 Å². The summed E-state index contributed by atoms with van der Waals surface area (Å²) in [4.78, 5) is 27.5. The summed E-state index contributed by atoms with van der Waals surface area (Å²) in [6, 6.07) is 12.9. The highest BCUT2D eigenvalue weighted by Crippen LogP contribution is 2.24. The van der Waals surface area contributed by atoms with Crippen molar-refractivity contribution < 1.29 is 18.7 Å². The summed E-state index contributed by atoms with van der Waals surface area (Å²) in [5.41, 5.74) is 1.47. The van der Waals surface area contributed by atoms with Gasteiger partial charge in [0.15, 0.2) is 6.61 Å². The molecule has 1 aliphatic rings. The maximum absolute atomic E-state index is 13.0. The van der Waals surface area contributed by atoms with Crippen LogP contribution in [0.4, 0.5) is 15.8 Å². The Morgan fingerprint density at radius 2 is 1.85 bits per heavy atom. The lowest BCUT2D eigenvalue weighted by Crippen LogP contribution is -2.34. The first-order valence-corrected chi connectivity index (χ1v) is 8.67. The molecule has 26 heavy (non-hydrogen) atoms. The van der Waals surface area contributed by atoms with Crippen LogP contribution in [0.1, 0.15) is 19.8 Å². The summed E-state index contributed by atoms with van der Waals surface area (Å²) >= 11 is 0. The fourth-order valence-electron chi connectivity index (χ4n) is 2.99. The van der Waals surface area contributed by atoms with Gasteiger partial charge in [0.05, 0.1) is 0 Å². The Kier molecular flexibility index (Phi) is 5.51. The Bertz CT molecular complexity index is 775. The normalized spacial score (nSPS) is 13.8. The standard InChI is InChI=1S/C20H21FN2O3/c1-2-22(16-7-5-15(21)6-8-16)20(25)14-26-18-11-9-17(10-12-18)23-13-3-4-19(23)24/h5-12H,2-4,13-14H2,1H3. The molecule has 0 aliphatic carbocycles. The lowest BCUT2D eigenvalue weighted by Gasteiger charge is -2.21. The second-order valence-corrected chi connectivity index (χ2v) is 6.05. The van der Waals surface area contributed by atoms with E-state index in [4.69, 9.17) is 4.74 Å². The van der Waals surface area contributed by atoms with Gasteiger partial charge in [-0.3, -0.25) is 9.59 Å². The summed E-state index contributed by atoms with van der Waals surface area (Å²) in [7, 11) is 0.